The lowest BCUT2D eigenvalue weighted by molar-refractivity contribution is 0.397. The van der Waals surface area contributed by atoms with Crippen LogP contribution in [0.3, 0.4) is 0 Å². The molecule has 0 bridgehead atoms. The fraction of sp³-hybridized carbons (Fsp3) is 0.562. The summed E-state index contributed by atoms with van der Waals surface area (Å²) >= 11 is 0. The summed E-state index contributed by atoms with van der Waals surface area (Å²) in [6, 6.07) is 2.11. The van der Waals surface area contributed by atoms with Crippen molar-refractivity contribution in [3.8, 4) is 5.75 Å². The molecule has 5 heteroatoms. The van der Waals surface area contributed by atoms with Crippen molar-refractivity contribution in [3.63, 3.8) is 0 Å². The average molecular weight is 291 g/mol. The van der Waals surface area contributed by atoms with E-state index in [9.17, 15) is 0 Å². The van der Waals surface area contributed by atoms with Crippen LogP contribution in [0.5, 0.6) is 5.75 Å². The first-order valence-electron chi connectivity index (χ1n) is 7.52. The highest BCUT2D eigenvalue weighted by molar-refractivity contribution is 5.38. The Morgan fingerprint density at radius 3 is 2.67 bits per heavy atom. The predicted octanol–water partition coefficient (Wildman–Crippen LogP) is 3.21. The van der Waals surface area contributed by atoms with Gasteiger partial charge in [-0.2, -0.15) is 5.10 Å². The molecule has 1 atom stereocenters. The summed E-state index contributed by atoms with van der Waals surface area (Å²) in [7, 11) is 1.69. The highest BCUT2D eigenvalue weighted by Crippen LogP contribution is 2.33. The van der Waals surface area contributed by atoms with Crippen LogP contribution in [0.15, 0.2) is 16.7 Å². The summed E-state index contributed by atoms with van der Waals surface area (Å²) in [4.78, 5) is 0. The van der Waals surface area contributed by atoms with Crippen LogP contribution in [0.4, 0.5) is 0 Å². The van der Waals surface area contributed by atoms with Crippen LogP contribution in [0.2, 0.25) is 0 Å². The first-order valence-corrected chi connectivity index (χ1v) is 7.52. The lowest BCUT2D eigenvalue weighted by Crippen LogP contribution is -2.25. The standard InChI is InChI=1S/C16H25N3O2/c1-6-8-19-16(14(20-5)10-18-19)15(17-7-2)13-9-11(3)21-12(13)4/h9-10,15,17H,6-8H2,1-5H3. The van der Waals surface area contributed by atoms with Gasteiger partial charge in [-0.3, -0.25) is 4.68 Å². The molecule has 2 heterocycles. The normalized spacial score (nSPS) is 12.6. The minimum Gasteiger partial charge on any atom is -0.493 e. The number of aryl methyl sites for hydroxylation is 3. The molecule has 0 saturated heterocycles. The Morgan fingerprint density at radius 2 is 2.14 bits per heavy atom. The molecule has 1 N–H and O–H groups in total. The molecule has 0 amide bonds. The monoisotopic (exact) mass is 291 g/mol. The molecule has 0 aliphatic heterocycles. The van der Waals surface area contributed by atoms with Gasteiger partial charge in [0, 0.05) is 12.1 Å². The Morgan fingerprint density at radius 1 is 1.38 bits per heavy atom. The van der Waals surface area contributed by atoms with Crippen molar-refractivity contribution in [2.45, 2.75) is 46.7 Å². The van der Waals surface area contributed by atoms with E-state index >= 15 is 0 Å². The smallest absolute Gasteiger partial charge is 0.161 e. The number of aromatic nitrogens is 2. The zero-order valence-corrected chi connectivity index (χ0v) is 13.6. The third kappa shape index (κ3) is 3.13. The Bertz CT molecular complexity index is 586. The van der Waals surface area contributed by atoms with Gasteiger partial charge < -0.3 is 14.5 Å². The maximum atomic E-state index is 5.70. The minimum absolute atomic E-state index is 0.0245. The van der Waals surface area contributed by atoms with E-state index < -0.39 is 0 Å². The van der Waals surface area contributed by atoms with E-state index in [2.05, 4.69) is 30.3 Å². The molecule has 0 radical (unpaired) electrons. The van der Waals surface area contributed by atoms with Crippen LogP contribution in [0.1, 0.15) is 49.1 Å². The minimum atomic E-state index is 0.0245. The van der Waals surface area contributed by atoms with Crippen LogP contribution in [-0.2, 0) is 6.54 Å². The van der Waals surface area contributed by atoms with Gasteiger partial charge in [0.2, 0.25) is 0 Å². The molecule has 0 saturated carbocycles. The predicted molar refractivity (Wildman–Crippen MR) is 82.8 cm³/mol. The molecule has 2 aromatic heterocycles. The highest BCUT2D eigenvalue weighted by Gasteiger charge is 2.25. The summed E-state index contributed by atoms with van der Waals surface area (Å²) in [5, 5.41) is 7.99. The van der Waals surface area contributed by atoms with Crippen molar-refractivity contribution in [1.29, 1.82) is 0 Å². The summed E-state index contributed by atoms with van der Waals surface area (Å²) in [5.74, 6) is 2.67. The van der Waals surface area contributed by atoms with Crippen molar-refractivity contribution in [3.05, 3.63) is 35.0 Å². The number of hydrogen-bond donors (Lipinski definition) is 1. The number of nitrogens with zero attached hydrogens (tertiary/aromatic N) is 2. The second kappa shape index (κ2) is 6.80. The Hall–Kier alpha value is -1.75. The van der Waals surface area contributed by atoms with E-state index in [1.54, 1.807) is 13.3 Å². The second-order valence-corrected chi connectivity index (χ2v) is 5.18. The topological polar surface area (TPSA) is 52.2 Å². The molecule has 5 nitrogen and oxygen atoms in total. The zero-order valence-electron chi connectivity index (χ0n) is 13.6. The molecule has 0 spiro atoms. The van der Waals surface area contributed by atoms with Crippen molar-refractivity contribution in [2.75, 3.05) is 13.7 Å². The largest absolute Gasteiger partial charge is 0.493 e. The third-order valence-corrected chi connectivity index (χ3v) is 3.57. The van der Waals surface area contributed by atoms with E-state index in [1.807, 2.05) is 18.5 Å². The summed E-state index contributed by atoms with van der Waals surface area (Å²) in [6.45, 7) is 9.95. The van der Waals surface area contributed by atoms with Crippen molar-refractivity contribution < 1.29 is 9.15 Å². The van der Waals surface area contributed by atoms with Gasteiger partial charge in [-0.05, 0) is 32.9 Å². The fourth-order valence-corrected chi connectivity index (χ4v) is 2.71. The van der Waals surface area contributed by atoms with Crippen LogP contribution >= 0.6 is 0 Å². The highest BCUT2D eigenvalue weighted by atomic mass is 16.5. The summed E-state index contributed by atoms with van der Waals surface area (Å²) in [5.41, 5.74) is 2.20. The average Bonchev–Trinajstić information content (AvgIpc) is 3.00. The van der Waals surface area contributed by atoms with Crippen LogP contribution in [-0.4, -0.2) is 23.4 Å². The van der Waals surface area contributed by atoms with E-state index in [0.29, 0.717) is 0 Å². The number of nitrogens with one attached hydrogen (secondary N) is 1. The van der Waals surface area contributed by atoms with Crippen LogP contribution in [0, 0.1) is 13.8 Å². The first-order chi connectivity index (χ1) is 10.1. The van der Waals surface area contributed by atoms with Crippen LogP contribution in [0.25, 0.3) is 0 Å². The number of ether oxygens (including phenoxy) is 1. The molecule has 21 heavy (non-hydrogen) atoms. The molecule has 2 rings (SSSR count). The van der Waals surface area contributed by atoms with Gasteiger partial charge in [-0.1, -0.05) is 13.8 Å². The van der Waals surface area contributed by atoms with Gasteiger partial charge >= 0.3 is 0 Å². The summed E-state index contributed by atoms with van der Waals surface area (Å²) < 4.78 is 13.2. The zero-order chi connectivity index (χ0) is 15.4. The second-order valence-electron chi connectivity index (χ2n) is 5.18. The van der Waals surface area contributed by atoms with Gasteiger partial charge in [0.1, 0.15) is 17.2 Å². The van der Waals surface area contributed by atoms with Gasteiger partial charge in [0.15, 0.2) is 5.75 Å². The van der Waals surface area contributed by atoms with E-state index in [-0.39, 0.29) is 6.04 Å². The lowest BCUT2D eigenvalue weighted by atomic mass is 10.0. The lowest BCUT2D eigenvalue weighted by Gasteiger charge is -2.20. The molecule has 0 aromatic carbocycles. The van der Waals surface area contributed by atoms with Crippen molar-refractivity contribution >= 4 is 0 Å². The van der Waals surface area contributed by atoms with E-state index in [0.717, 1.165) is 48.0 Å². The molecule has 0 aliphatic carbocycles. The SMILES string of the molecule is CCCn1ncc(OC)c1C(NCC)c1cc(C)oc1C. The van der Waals surface area contributed by atoms with E-state index in [4.69, 9.17) is 9.15 Å². The third-order valence-electron chi connectivity index (χ3n) is 3.57. The van der Waals surface area contributed by atoms with Gasteiger partial charge in [0.25, 0.3) is 0 Å². The molecule has 0 aliphatic rings. The molecular formula is C16H25N3O2. The van der Waals surface area contributed by atoms with Crippen LogP contribution < -0.4 is 10.1 Å². The van der Waals surface area contributed by atoms with Gasteiger partial charge in [-0.15, -0.1) is 0 Å². The maximum absolute atomic E-state index is 5.70. The summed E-state index contributed by atoms with van der Waals surface area (Å²) in [6.07, 6.45) is 2.82. The first kappa shape index (κ1) is 15.6. The van der Waals surface area contributed by atoms with Gasteiger partial charge in [0.05, 0.1) is 19.3 Å². The molecule has 116 valence electrons. The maximum Gasteiger partial charge on any atom is 0.161 e. The fourth-order valence-electron chi connectivity index (χ4n) is 2.71. The molecule has 1 unspecified atom stereocenters. The molecular weight excluding hydrogens is 266 g/mol. The molecule has 2 aromatic rings. The van der Waals surface area contributed by atoms with Crippen molar-refractivity contribution in [1.82, 2.24) is 15.1 Å². The Labute approximate surface area is 126 Å². The number of methoxy groups -OCH3 is 1. The number of hydrogen-bond acceptors (Lipinski definition) is 4. The number of rotatable bonds is 7. The van der Waals surface area contributed by atoms with Crippen molar-refractivity contribution in [2.24, 2.45) is 0 Å². The Kier molecular flexibility index (Phi) is 5.07. The van der Waals surface area contributed by atoms with E-state index in [1.165, 1.54) is 0 Å². The quantitative estimate of drug-likeness (QED) is 0.851. The van der Waals surface area contributed by atoms with Gasteiger partial charge in [-0.25, -0.2) is 0 Å². The number of furan rings is 1. The Balaban J connectivity index is 2.51. The molecule has 0 fully saturated rings.